The molecule has 0 spiro atoms. The highest BCUT2D eigenvalue weighted by molar-refractivity contribution is 7.92. The number of hydrogen-bond acceptors (Lipinski definition) is 6. The molecule has 9 nitrogen and oxygen atoms in total. The van der Waals surface area contributed by atoms with E-state index < -0.39 is 34.0 Å². The second-order valence-electron chi connectivity index (χ2n) is 6.70. The van der Waals surface area contributed by atoms with Crippen LogP contribution in [0.1, 0.15) is 24.2 Å². The van der Waals surface area contributed by atoms with Crippen molar-refractivity contribution in [3.05, 3.63) is 71.8 Å². The number of ether oxygens (including phenoxy) is 1. The first-order valence-corrected chi connectivity index (χ1v) is 11.7. The summed E-state index contributed by atoms with van der Waals surface area (Å²) in [4.78, 5) is 35.8. The summed E-state index contributed by atoms with van der Waals surface area (Å²) >= 11 is 6.19. The Bertz CT molecular complexity index is 1150. The van der Waals surface area contributed by atoms with Gasteiger partial charge >= 0.3 is 12.0 Å². The fraction of sp³-hybridized carbons (Fsp3) is 0.227. The van der Waals surface area contributed by atoms with Gasteiger partial charge in [0.15, 0.2) is 6.10 Å². The van der Waals surface area contributed by atoms with Gasteiger partial charge in [0.1, 0.15) is 0 Å². The van der Waals surface area contributed by atoms with Crippen molar-refractivity contribution in [2.24, 2.45) is 0 Å². The number of para-hydroxylation sites is 1. The molecule has 2 N–H and O–H groups in total. The molecule has 11 heteroatoms. The van der Waals surface area contributed by atoms with Crippen LogP contribution in [0.4, 0.5) is 10.5 Å². The number of halogens is 1. The van der Waals surface area contributed by atoms with Gasteiger partial charge in [-0.1, -0.05) is 35.9 Å². The van der Waals surface area contributed by atoms with E-state index in [1.165, 1.54) is 31.2 Å². The largest absolute Gasteiger partial charge is 0.449 e. The Balaban J connectivity index is 2.27. The molecule has 2 rings (SSSR count). The lowest BCUT2D eigenvalue weighted by Gasteiger charge is -2.24. The highest BCUT2D eigenvalue weighted by atomic mass is 35.5. The summed E-state index contributed by atoms with van der Waals surface area (Å²) in [6.07, 6.45) is 0.120. The van der Waals surface area contributed by atoms with E-state index in [2.05, 4.69) is 11.9 Å². The van der Waals surface area contributed by atoms with Gasteiger partial charge in [-0.25, -0.2) is 18.0 Å². The minimum Gasteiger partial charge on any atom is -0.449 e. The molecule has 0 aromatic heterocycles. The Kier molecular flexibility index (Phi) is 9.01. The molecular formula is C22H24ClN3O6S. The minimum atomic E-state index is -4.12. The summed E-state index contributed by atoms with van der Waals surface area (Å²) in [5.74, 6) is -1.76. The molecule has 0 saturated carbocycles. The molecule has 0 aliphatic rings. The van der Waals surface area contributed by atoms with E-state index in [1.807, 2.05) is 5.32 Å². The lowest BCUT2D eigenvalue weighted by molar-refractivity contribution is -0.127. The Hall–Kier alpha value is -3.37. The summed E-state index contributed by atoms with van der Waals surface area (Å²) in [6, 6.07) is 10.9. The third kappa shape index (κ3) is 6.56. The van der Waals surface area contributed by atoms with Crippen molar-refractivity contribution in [2.45, 2.75) is 24.8 Å². The molecule has 0 heterocycles. The van der Waals surface area contributed by atoms with Crippen LogP contribution in [0.2, 0.25) is 5.02 Å². The van der Waals surface area contributed by atoms with Gasteiger partial charge in [0.05, 0.1) is 27.7 Å². The molecule has 0 aliphatic carbocycles. The van der Waals surface area contributed by atoms with Crippen molar-refractivity contribution in [3.63, 3.8) is 0 Å². The van der Waals surface area contributed by atoms with Crippen molar-refractivity contribution in [1.82, 2.24) is 10.6 Å². The first kappa shape index (κ1) is 25.9. The van der Waals surface area contributed by atoms with Gasteiger partial charge in [0, 0.05) is 6.54 Å². The monoisotopic (exact) mass is 493 g/mol. The average Bonchev–Trinajstić information content (AvgIpc) is 2.78. The van der Waals surface area contributed by atoms with Crippen LogP contribution < -0.4 is 14.9 Å². The van der Waals surface area contributed by atoms with E-state index in [1.54, 1.807) is 31.2 Å². The van der Waals surface area contributed by atoms with E-state index in [9.17, 15) is 22.8 Å². The summed E-state index contributed by atoms with van der Waals surface area (Å²) < 4.78 is 32.8. The first-order valence-electron chi connectivity index (χ1n) is 9.89. The number of hydrogen-bond donors (Lipinski definition) is 2. The number of nitrogens with one attached hydrogen (secondary N) is 2. The van der Waals surface area contributed by atoms with Crippen LogP contribution in [0.25, 0.3) is 0 Å². The summed E-state index contributed by atoms with van der Waals surface area (Å²) in [6.45, 7) is 6.82. The Labute approximate surface area is 197 Å². The maximum atomic E-state index is 13.3. The number of benzene rings is 2. The maximum Gasteiger partial charge on any atom is 0.338 e. The van der Waals surface area contributed by atoms with Gasteiger partial charge < -0.3 is 10.1 Å². The van der Waals surface area contributed by atoms with Crippen LogP contribution in [0.3, 0.4) is 0 Å². The molecule has 3 amide bonds. The van der Waals surface area contributed by atoms with E-state index in [0.717, 1.165) is 10.4 Å². The topological polar surface area (TPSA) is 122 Å². The second-order valence-corrected chi connectivity index (χ2v) is 8.97. The lowest BCUT2D eigenvalue weighted by Crippen LogP contribution is -2.44. The summed E-state index contributed by atoms with van der Waals surface area (Å²) in [7, 11) is -4.12. The molecule has 0 radical (unpaired) electrons. The number of nitrogens with zero attached hydrogens (tertiary/aromatic N) is 1. The summed E-state index contributed by atoms with van der Waals surface area (Å²) in [5, 5.41) is 4.64. The normalized spacial score (nSPS) is 11.7. The summed E-state index contributed by atoms with van der Waals surface area (Å²) in [5.41, 5.74) is 0.161. The van der Waals surface area contributed by atoms with E-state index in [4.69, 9.17) is 16.3 Å². The zero-order chi connectivity index (χ0) is 24.6. The predicted octanol–water partition coefficient (Wildman–Crippen LogP) is 3.11. The molecule has 0 aliphatic heterocycles. The standard InChI is InChI=1S/C22H24ClN3O6S/c1-4-13-26(19-12-7-6-11-18(19)23)33(30,31)17-10-8-9-16(14-17)21(28)32-15(3)20(27)25-22(29)24-5-2/h4,6-12,14-15H,1,5,13H2,2-3H3,(H2,24,25,27,29). The number of amides is 3. The number of esters is 1. The number of sulfonamides is 1. The van der Waals surface area contributed by atoms with Crippen LogP contribution in [-0.2, 0) is 19.6 Å². The van der Waals surface area contributed by atoms with Gasteiger partial charge in [0.2, 0.25) is 0 Å². The molecule has 0 saturated heterocycles. The van der Waals surface area contributed by atoms with Crippen molar-refractivity contribution in [3.8, 4) is 0 Å². The maximum absolute atomic E-state index is 13.3. The Morgan fingerprint density at radius 1 is 1.18 bits per heavy atom. The molecule has 33 heavy (non-hydrogen) atoms. The molecule has 176 valence electrons. The first-order chi connectivity index (χ1) is 15.6. The third-order valence-corrected chi connectivity index (χ3v) is 6.40. The molecule has 2 aromatic rings. The fourth-order valence-corrected chi connectivity index (χ4v) is 4.50. The Morgan fingerprint density at radius 3 is 2.52 bits per heavy atom. The highest BCUT2D eigenvalue weighted by Gasteiger charge is 2.27. The van der Waals surface area contributed by atoms with E-state index in [-0.39, 0.29) is 27.7 Å². The van der Waals surface area contributed by atoms with Crippen molar-refractivity contribution in [2.75, 3.05) is 17.4 Å². The molecule has 1 atom stereocenters. The quantitative estimate of drug-likeness (QED) is 0.409. The van der Waals surface area contributed by atoms with Crippen molar-refractivity contribution in [1.29, 1.82) is 0 Å². The number of carbonyl (C=O) groups excluding carboxylic acids is 3. The predicted molar refractivity (Wildman–Crippen MR) is 125 cm³/mol. The van der Waals surface area contributed by atoms with Gasteiger partial charge in [-0.3, -0.25) is 14.4 Å². The second kappa shape index (κ2) is 11.5. The number of anilines is 1. The van der Waals surface area contributed by atoms with E-state index >= 15 is 0 Å². The molecule has 0 bridgehead atoms. The van der Waals surface area contributed by atoms with Crippen LogP contribution in [0.5, 0.6) is 0 Å². The average molecular weight is 494 g/mol. The minimum absolute atomic E-state index is 0.0578. The zero-order valence-corrected chi connectivity index (χ0v) is 19.7. The fourth-order valence-electron chi connectivity index (χ4n) is 2.71. The van der Waals surface area contributed by atoms with Gasteiger partial charge in [-0.05, 0) is 44.2 Å². The number of rotatable bonds is 9. The van der Waals surface area contributed by atoms with Crippen LogP contribution in [0, 0.1) is 0 Å². The smallest absolute Gasteiger partial charge is 0.338 e. The van der Waals surface area contributed by atoms with Gasteiger partial charge in [0.25, 0.3) is 15.9 Å². The molecule has 2 aromatic carbocycles. The van der Waals surface area contributed by atoms with Crippen LogP contribution >= 0.6 is 11.6 Å². The lowest BCUT2D eigenvalue weighted by atomic mass is 10.2. The SMILES string of the molecule is C=CCN(c1ccccc1Cl)S(=O)(=O)c1cccc(C(=O)OC(C)C(=O)NC(=O)NCC)c1. The van der Waals surface area contributed by atoms with Crippen molar-refractivity contribution < 1.29 is 27.5 Å². The molecular weight excluding hydrogens is 470 g/mol. The molecule has 0 fully saturated rings. The zero-order valence-electron chi connectivity index (χ0n) is 18.1. The van der Waals surface area contributed by atoms with Crippen LogP contribution in [0.15, 0.2) is 66.1 Å². The number of urea groups is 1. The van der Waals surface area contributed by atoms with Crippen LogP contribution in [-0.4, -0.2) is 45.5 Å². The Morgan fingerprint density at radius 2 is 1.88 bits per heavy atom. The van der Waals surface area contributed by atoms with Gasteiger partial charge in [-0.2, -0.15) is 0 Å². The van der Waals surface area contributed by atoms with Crippen molar-refractivity contribution >= 4 is 45.2 Å². The number of imide groups is 1. The molecule has 1 unspecified atom stereocenters. The third-order valence-electron chi connectivity index (χ3n) is 4.30. The van der Waals surface area contributed by atoms with Gasteiger partial charge in [-0.15, -0.1) is 6.58 Å². The van der Waals surface area contributed by atoms with E-state index in [0.29, 0.717) is 6.54 Å². The number of carbonyl (C=O) groups is 3. The highest BCUT2D eigenvalue weighted by Crippen LogP contribution is 2.30.